The number of benzene rings is 1. The quantitative estimate of drug-likeness (QED) is 0.171. The van der Waals surface area contributed by atoms with Crippen molar-refractivity contribution in [2.45, 2.75) is 45.6 Å². The van der Waals surface area contributed by atoms with Gasteiger partial charge in [0.05, 0.1) is 29.8 Å². The Balaban J connectivity index is 0.000000266. The first kappa shape index (κ1) is 23.1. The third kappa shape index (κ3) is 10.3. The summed E-state index contributed by atoms with van der Waals surface area (Å²) >= 11 is 0. The van der Waals surface area contributed by atoms with Crippen molar-refractivity contribution in [3.8, 4) is 5.75 Å². The summed E-state index contributed by atoms with van der Waals surface area (Å²) in [6.45, 7) is 5.13. The lowest BCUT2D eigenvalue weighted by molar-refractivity contribution is -0.116. The summed E-state index contributed by atoms with van der Waals surface area (Å²) < 4.78 is 4.71. The van der Waals surface area contributed by atoms with E-state index in [2.05, 4.69) is 19.2 Å². The highest BCUT2D eigenvalue weighted by molar-refractivity contribution is 6.48. The molecule has 0 aromatic heterocycles. The second-order valence-electron chi connectivity index (χ2n) is 6.47. The summed E-state index contributed by atoms with van der Waals surface area (Å²) in [5.41, 5.74) is 6.91. The molecule has 0 spiro atoms. The number of nitrogens with one attached hydrogen (secondary N) is 3. The zero-order chi connectivity index (χ0) is 20.9. The monoisotopic (exact) mass is 386 g/mol. The van der Waals surface area contributed by atoms with Gasteiger partial charge in [0.1, 0.15) is 5.75 Å². The molecule has 1 saturated heterocycles. The van der Waals surface area contributed by atoms with Crippen LogP contribution in [0.3, 0.4) is 0 Å². The van der Waals surface area contributed by atoms with Crippen LogP contribution in [0.5, 0.6) is 5.75 Å². The zero-order valence-electron chi connectivity index (χ0n) is 16.5. The first-order valence-electron chi connectivity index (χ1n) is 9.35. The van der Waals surface area contributed by atoms with Gasteiger partial charge in [0.15, 0.2) is 0 Å². The van der Waals surface area contributed by atoms with Crippen molar-refractivity contribution in [3.63, 3.8) is 0 Å². The molecule has 2 aliphatic rings. The molecular weight excluding hydrogens is 356 g/mol. The van der Waals surface area contributed by atoms with Gasteiger partial charge in [-0.25, -0.2) is 0 Å². The number of phenolic OH excluding ortho intramolecular Hbond substituents is 1. The lowest BCUT2D eigenvalue weighted by atomic mass is 10.1. The van der Waals surface area contributed by atoms with Gasteiger partial charge < -0.3 is 20.9 Å². The maximum absolute atomic E-state index is 11.5. The molecule has 1 fully saturated rings. The molecule has 0 radical (unpaired) electrons. The molecule has 152 valence electrons. The molecular formula is C21H30N4O3. The maximum Gasteiger partial charge on any atom is 0.224 e. The number of nitrogen functional groups attached to an aromatic ring is 1. The number of carbonyl (C=O) groups is 1. The number of hydrogen-bond donors (Lipinski definition) is 5. The van der Waals surface area contributed by atoms with Crippen molar-refractivity contribution < 1.29 is 14.6 Å². The van der Waals surface area contributed by atoms with Crippen LogP contribution in [0, 0.1) is 10.8 Å². The average molecular weight is 386 g/mol. The first-order chi connectivity index (χ1) is 13.3. The standard InChI is InChI=1S/C12H18N2O2.C6H6N2.C3H6O/c1-2-3-4-5-12(16)14-9-6-7-10(13)11(15)8-9;7-5-3-1-2-4-6(5)8;1-3-2-4-3/h6-8,15H,2-5,13H2,1H3,(H,14,16);1-4,7-8H;3H,2H2,1H3. The van der Waals surface area contributed by atoms with Crippen molar-refractivity contribution in [2.24, 2.45) is 0 Å². The van der Waals surface area contributed by atoms with Crippen molar-refractivity contribution in [2.75, 3.05) is 17.7 Å². The lowest BCUT2D eigenvalue weighted by Crippen LogP contribution is -2.10. The molecule has 1 aliphatic carbocycles. The predicted molar refractivity (Wildman–Crippen MR) is 114 cm³/mol. The molecule has 6 N–H and O–H groups in total. The van der Waals surface area contributed by atoms with Crippen LogP contribution in [0.25, 0.3) is 0 Å². The van der Waals surface area contributed by atoms with Crippen molar-refractivity contribution in [1.82, 2.24) is 0 Å². The van der Waals surface area contributed by atoms with Gasteiger partial charge in [-0.05, 0) is 37.6 Å². The second-order valence-corrected chi connectivity index (χ2v) is 6.47. The number of nitrogens with two attached hydrogens (primary N) is 1. The van der Waals surface area contributed by atoms with Gasteiger partial charge in [-0.2, -0.15) is 0 Å². The highest BCUT2D eigenvalue weighted by Gasteiger charge is 2.13. The number of phenols is 1. The minimum Gasteiger partial charge on any atom is -0.506 e. The van der Waals surface area contributed by atoms with Crippen molar-refractivity contribution in [3.05, 3.63) is 42.5 Å². The predicted octanol–water partition coefficient (Wildman–Crippen LogP) is 4.05. The molecule has 1 aromatic rings. The van der Waals surface area contributed by atoms with Gasteiger partial charge in [-0.15, -0.1) is 0 Å². The maximum atomic E-state index is 11.5. The minimum absolute atomic E-state index is 0.00800. The largest absolute Gasteiger partial charge is 0.506 e. The molecule has 0 bridgehead atoms. The van der Waals surface area contributed by atoms with E-state index in [-0.39, 0.29) is 23.1 Å². The van der Waals surface area contributed by atoms with E-state index in [1.807, 2.05) is 0 Å². The average Bonchev–Trinajstić information content (AvgIpc) is 3.44. The summed E-state index contributed by atoms with van der Waals surface area (Å²) in [5.74, 6) is -0.0380. The van der Waals surface area contributed by atoms with E-state index in [0.717, 1.165) is 25.9 Å². The molecule has 0 saturated carbocycles. The molecule has 1 aliphatic heterocycles. The first-order valence-corrected chi connectivity index (χ1v) is 9.35. The number of carbonyl (C=O) groups excluding carboxylic acids is 1. The van der Waals surface area contributed by atoms with Gasteiger partial charge in [0.25, 0.3) is 0 Å². The van der Waals surface area contributed by atoms with Gasteiger partial charge >= 0.3 is 0 Å². The van der Waals surface area contributed by atoms with Gasteiger partial charge in [-0.3, -0.25) is 15.6 Å². The number of anilines is 2. The van der Waals surface area contributed by atoms with Crippen LogP contribution < -0.4 is 11.1 Å². The highest BCUT2D eigenvalue weighted by atomic mass is 16.6. The van der Waals surface area contributed by atoms with Gasteiger partial charge in [0.2, 0.25) is 5.91 Å². The Labute approximate surface area is 166 Å². The van der Waals surface area contributed by atoms with E-state index in [1.165, 1.54) is 6.07 Å². The Morgan fingerprint density at radius 2 is 1.82 bits per heavy atom. The van der Waals surface area contributed by atoms with Crippen LogP contribution in [-0.2, 0) is 9.53 Å². The molecule has 1 unspecified atom stereocenters. The zero-order valence-corrected chi connectivity index (χ0v) is 16.5. The normalized spacial score (nSPS) is 16.4. The van der Waals surface area contributed by atoms with E-state index >= 15 is 0 Å². The number of allylic oxidation sites excluding steroid dienone is 4. The summed E-state index contributed by atoms with van der Waals surface area (Å²) in [6.07, 6.45) is 10.8. The number of epoxide rings is 1. The van der Waals surface area contributed by atoms with E-state index in [0.29, 0.717) is 23.9 Å². The van der Waals surface area contributed by atoms with Crippen LogP contribution in [-0.4, -0.2) is 35.1 Å². The fourth-order valence-corrected chi connectivity index (χ4v) is 1.96. The van der Waals surface area contributed by atoms with Crippen LogP contribution in [0.1, 0.15) is 39.5 Å². The topological polar surface area (TPSA) is 136 Å². The second kappa shape index (κ2) is 12.5. The number of hydrogen-bond acceptors (Lipinski definition) is 6. The Bertz CT molecular complexity index is 715. The molecule has 28 heavy (non-hydrogen) atoms. The van der Waals surface area contributed by atoms with Crippen molar-refractivity contribution in [1.29, 1.82) is 10.8 Å². The van der Waals surface area contributed by atoms with Crippen LogP contribution in [0.4, 0.5) is 11.4 Å². The molecule has 7 heteroatoms. The fourth-order valence-electron chi connectivity index (χ4n) is 1.96. The Kier molecular flexibility index (Phi) is 10.3. The smallest absolute Gasteiger partial charge is 0.224 e. The van der Waals surface area contributed by atoms with Crippen LogP contribution in [0.2, 0.25) is 0 Å². The summed E-state index contributed by atoms with van der Waals surface area (Å²) in [7, 11) is 0. The van der Waals surface area contributed by atoms with E-state index < -0.39 is 0 Å². The SMILES string of the molecule is CC1CO1.CCCCCC(=O)Nc1ccc(N)c(O)c1.N=C1C=CC=CC1=N. The Morgan fingerprint density at radius 1 is 1.25 bits per heavy atom. The third-order valence-electron chi connectivity index (χ3n) is 3.75. The minimum atomic E-state index is -0.0300. The van der Waals surface area contributed by atoms with Crippen molar-refractivity contribution >= 4 is 28.7 Å². The molecule has 7 nitrogen and oxygen atoms in total. The number of ether oxygens (including phenoxy) is 1. The Hall–Kier alpha value is -2.93. The van der Waals surface area contributed by atoms with Gasteiger partial charge in [-0.1, -0.05) is 31.9 Å². The van der Waals surface area contributed by atoms with Gasteiger partial charge in [0, 0.05) is 18.2 Å². The van der Waals surface area contributed by atoms with Crippen LogP contribution in [0.15, 0.2) is 42.5 Å². The third-order valence-corrected chi connectivity index (χ3v) is 3.75. The molecule has 1 aromatic carbocycles. The van der Waals surface area contributed by atoms with Crippen LogP contribution >= 0.6 is 0 Å². The molecule has 3 rings (SSSR count). The summed E-state index contributed by atoms with van der Waals surface area (Å²) in [6, 6.07) is 4.69. The van der Waals surface area contributed by atoms with E-state index in [4.69, 9.17) is 21.3 Å². The molecule has 1 heterocycles. The number of rotatable bonds is 5. The molecule has 1 atom stereocenters. The highest BCUT2D eigenvalue weighted by Crippen LogP contribution is 2.23. The van der Waals surface area contributed by atoms with E-state index in [1.54, 1.807) is 36.4 Å². The number of unbranched alkanes of at least 4 members (excludes halogenated alkanes) is 2. The summed E-state index contributed by atoms with van der Waals surface area (Å²) in [4.78, 5) is 11.5. The Morgan fingerprint density at radius 3 is 2.25 bits per heavy atom. The lowest BCUT2D eigenvalue weighted by Gasteiger charge is -2.06. The molecule has 1 amide bonds. The fraction of sp³-hybridized carbons (Fsp3) is 0.381. The van der Waals surface area contributed by atoms with E-state index in [9.17, 15) is 9.90 Å². The summed E-state index contributed by atoms with van der Waals surface area (Å²) in [5, 5.41) is 26.1. The number of amides is 1. The number of aromatic hydroxyl groups is 1.